The zero-order chi connectivity index (χ0) is 16.1. The molecule has 2 aromatic heterocycles. The molecule has 0 amide bonds. The Morgan fingerprint density at radius 3 is 2.91 bits per heavy atom. The van der Waals surface area contributed by atoms with Crippen LogP contribution in [0.1, 0.15) is 24.9 Å². The summed E-state index contributed by atoms with van der Waals surface area (Å²) in [7, 11) is 0. The van der Waals surface area contributed by atoms with Crippen LogP contribution in [0.25, 0.3) is 21.8 Å². The second-order valence-corrected chi connectivity index (χ2v) is 6.91. The predicted molar refractivity (Wildman–Crippen MR) is 94.1 cm³/mol. The maximum Gasteiger partial charge on any atom is 0.260 e. The first-order valence-electron chi connectivity index (χ1n) is 7.89. The quantitative estimate of drug-likeness (QED) is 0.689. The SMILES string of the molecule is CCn1ncc2c3c(Br)cc(C)cc3c(=O)n(C3CCOC3)c21. The molecule has 0 saturated carbocycles. The minimum Gasteiger partial charge on any atom is -0.379 e. The van der Waals surface area contributed by atoms with E-state index in [1.807, 2.05) is 41.4 Å². The molecular weight excluding hydrogens is 358 g/mol. The number of benzene rings is 1. The van der Waals surface area contributed by atoms with E-state index in [-0.39, 0.29) is 11.6 Å². The van der Waals surface area contributed by atoms with E-state index in [9.17, 15) is 4.79 Å². The standard InChI is InChI=1S/C17H18BrN3O2/c1-3-20-16-13(8-19-20)15-12(6-10(2)7-14(15)18)17(22)21(16)11-4-5-23-9-11/h6-8,11H,3-5,9H2,1-2H3. The Bertz CT molecular complexity index is 968. The van der Waals surface area contributed by atoms with Crippen molar-refractivity contribution in [3.8, 4) is 0 Å². The van der Waals surface area contributed by atoms with Crippen LogP contribution in [0.4, 0.5) is 0 Å². The lowest BCUT2D eigenvalue weighted by Gasteiger charge is -2.17. The molecule has 120 valence electrons. The summed E-state index contributed by atoms with van der Waals surface area (Å²) in [6.45, 7) is 6.06. The monoisotopic (exact) mass is 375 g/mol. The van der Waals surface area contributed by atoms with Crippen molar-refractivity contribution in [3.63, 3.8) is 0 Å². The highest BCUT2D eigenvalue weighted by Gasteiger charge is 2.25. The van der Waals surface area contributed by atoms with Crippen LogP contribution in [-0.2, 0) is 11.3 Å². The first-order chi connectivity index (χ1) is 11.1. The molecule has 1 atom stereocenters. The van der Waals surface area contributed by atoms with Crippen molar-refractivity contribution < 1.29 is 4.74 Å². The molecule has 4 rings (SSSR count). The highest BCUT2D eigenvalue weighted by Crippen LogP contribution is 2.32. The van der Waals surface area contributed by atoms with E-state index < -0.39 is 0 Å². The van der Waals surface area contributed by atoms with Gasteiger partial charge in [-0.05, 0) is 38.0 Å². The van der Waals surface area contributed by atoms with E-state index in [0.29, 0.717) is 13.2 Å². The van der Waals surface area contributed by atoms with Gasteiger partial charge in [0, 0.05) is 33.8 Å². The number of hydrogen-bond donors (Lipinski definition) is 0. The minimum atomic E-state index is 0.0441. The highest BCUT2D eigenvalue weighted by atomic mass is 79.9. The van der Waals surface area contributed by atoms with Gasteiger partial charge in [-0.2, -0.15) is 5.10 Å². The molecule has 0 radical (unpaired) electrons. The fourth-order valence-electron chi connectivity index (χ4n) is 3.52. The van der Waals surface area contributed by atoms with E-state index in [1.165, 1.54) is 0 Å². The lowest BCUT2D eigenvalue weighted by Crippen LogP contribution is -2.27. The Hall–Kier alpha value is -1.66. The molecule has 23 heavy (non-hydrogen) atoms. The van der Waals surface area contributed by atoms with E-state index in [4.69, 9.17) is 4.74 Å². The fourth-order valence-corrected chi connectivity index (χ4v) is 4.30. The topological polar surface area (TPSA) is 49.0 Å². The zero-order valence-corrected chi connectivity index (χ0v) is 14.8. The van der Waals surface area contributed by atoms with Crippen molar-refractivity contribution >= 4 is 37.7 Å². The maximum absolute atomic E-state index is 13.2. The number of nitrogens with zero attached hydrogens (tertiary/aromatic N) is 3. The van der Waals surface area contributed by atoms with E-state index in [2.05, 4.69) is 21.0 Å². The van der Waals surface area contributed by atoms with Gasteiger partial charge in [0.1, 0.15) is 5.65 Å². The number of rotatable bonds is 2. The molecule has 1 aliphatic heterocycles. The van der Waals surface area contributed by atoms with E-state index in [1.54, 1.807) is 0 Å². The maximum atomic E-state index is 13.2. The van der Waals surface area contributed by atoms with Gasteiger partial charge < -0.3 is 4.74 Å². The van der Waals surface area contributed by atoms with E-state index >= 15 is 0 Å². The van der Waals surface area contributed by atoms with Crippen LogP contribution in [0.3, 0.4) is 0 Å². The van der Waals surface area contributed by atoms with Crippen LogP contribution in [-0.4, -0.2) is 27.6 Å². The molecule has 1 fully saturated rings. The highest BCUT2D eigenvalue weighted by molar-refractivity contribution is 9.10. The summed E-state index contributed by atoms with van der Waals surface area (Å²) in [6.07, 6.45) is 2.73. The zero-order valence-electron chi connectivity index (χ0n) is 13.2. The molecule has 3 heterocycles. The summed E-state index contributed by atoms with van der Waals surface area (Å²) in [5.74, 6) is 0. The molecule has 3 aromatic rings. The van der Waals surface area contributed by atoms with Crippen molar-refractivity contribution in [1.29, 1.82) is 0 Å². The first-order valence-corrected chi connectivity index (χ1v) is 8.68. The molecular formula is C17H18BrN3O2. The second kappa shape index (κ2) is 5.46. The molecule has 1 unspecified atom stereocenters. The van der Waals surface area contributed by atoms with Gasteiger partial charge in [-0.3, -0.25) is 9.36 Å². The number of hydrogen-bond acceptors (Lipinski definition) is 3. The van der Waals surface area contributed by atoms with Crippen molar-refractivity contribution in [2.45, 2.75) is 32.9 Å². The average molecular weight is 376 g/mol. The molecule has 0 spiro atoms. The Kier molecular flexibility index (Phi) is 3.54. The van der Waals surface area contributed by atoms with Crippen LogP contribution in [0.15, 0.2) is 27.6 Å². The van der Waals surface area contributed by atoms with E-state index in [0.717, 1.165) is 44.8 Å². The average Bonchev–Trinajstić information content (AvgIpc) is 3.17. The number of ether oxygens (including phenoxy) is 1. The van der Waals surface area contributed by atoms with Gasteiger partial charge >= 0.3 is 0 Å². The Morgan fingerprint density at radius 2 is 2.22 bits per heavy atom. The minimum absolute atomic E-state index is 0.0441. The van der Waals surface area contributed by atoms with Crippen LogP contribution >= 0.6 is 15.9 Å². The first kappa shape index (κ1) is 14.9. The van der Waals surface area contributed by atoms with Gasteiger partial charge in [0.15, 0.2) is 0 Å². The third-order valence-corrected chi connectivity index (χ3v) is 5.19. The Morgan fingerprint density at radius 1 is 1.39 bits per heavy atom. The van der Waals surface area contributed by atoms with Gasteiger partial charge in [-0.15, -0.1) is 0 Å². The lowest BCUT2D eigenvalue weighted by atomic mass is 10.1. The number of pyridine rings is 1. The fraction of sp³-hybridized carbons (Fsp3) is 0.412. The summed E-state index contributed by atoms with van der Waals surface area (Å²) in [6, 6.07) is 4.10. The molecule has 0 aliphatic carbocycles. The predicted octanol–water partition coefficient (Wildman–Crippen LogP) is 3.40. The molecule has 1 saturated heterocycles. The third-order valence-electron chi connectivity index (χ3n) is 4.56. The van der Waals surface area contributed by atoms with Crippen LogP contribution in [0.2, 0.25) is 0 Å². The van der Waals surface area contributed by atoms with Gasteiger partial charge in [-0.25, -0.2) is 4.68 Å². The van der Waals surface area contributed by atoms with Crippen LogP contribution in [0, 0.1) is 6.92 Å². The van der Waals surface area contributed by atoms with Gasteiger partial charge in [0.05, 0.1) is 18.8 Å². The number of aryl methyl sites for hydroxylation is 2. The molecule has 0 N–H and O–H groups in total. The molecule has 5 nitrogen and oxygen atoms in total. The smallest absolute Gasteiger partial charge is 0.260 e. The Labute approximate surface area is 142 Å². The Balaban J connectivity index is 2.22. The molecule has 6 heteroatoms. The van der Waals surface area contributed by atoms with Crippen LogP contribution in [0.5, 0.6) is 0 Å². The van der Waals surface area contributed by atoms with Gasteiger partial charge in [0.2, 0.25) is 0 Å². The second-order valence-electron chi connectivity index (χ2n) is 6.06. The van der Waals surface area contributed by atoms with Gasteiger partial charge in [-0.1, -0.05) is 15.9 Å². The summed E-state index contributed by atoms with van der Waals surface area (Å²) >= 11 is 3.63. The number of aromatic nitrogens is 3. The van der Waals surface area contributed by atoms with Gasteiger partial charge in [0.25, 0.3) is 5.56 Å². The third kappa shape index (κ3) is 2.16. The number of fused-ring (bicyclic) bond motifs is 3. The van der Waals surface area contributed by atoms with Crippen molar-refractivity contribution in [2.24, 2.45) is 0 Å². The summed E-state index contributed by atoms with van der Waals surface area (Å²) < 4.78 is 10.3. The summed E-state index contributed by atoms with van der Waals surface area (Å²) in [5.41, 5.74) is 2.01. The van der Waals surface area contributed by atoms with Crippen molar-refractivity contribution in [2.75, 3.05) is 13.2 Å². The molecule has 1 aromatic carbocycles. The molecule has 1 aliphatic rings. The normalized spacial score (nSPS) is 18.3. The number of halogens is 1. The molecule has 0 bridgehead atoms. The van der Waals surface area contributed by atoms with Crippen molar-refractivity contribution in [1.82, 2.24) is 14.3 Å². The summed E-state index contributed by atoms with van der Waals surface area (Å²) in [5, 5.41) is 7.20. The lowest BCUT2D eigenvalue weighted by molar-refractivity contribution is 0.186. The summed E-state index contributed by atoms with van der Waals surface area (Å²) in [4.78, 5) is 13.2. The largest absolute Gasteiger partial charge is 0.379 e. The van der Waals surface area contributed by atoms with Crippen LogP contribution < -0.4 is 5.56 Å². The van der Waals surface area contributed by atoms with Crippen molar-refractivity contribution in [3.05, 3.63) is 38.7 Å².